The number of nitrogens with zero attached hydrogens (tertiary/aromatic N) is 1. The Morgan fingerprint density at radius 2 is 2.18 bits per heavy atom. The van der Waals surface area contributed by atoms with E-state index < -0.39 is 0 Å². The van der Waals surface area contributed by atoms with Gasteiger partial charge < -0.3 is 9.40 Å². The average molecular weight is 287 g/mol. The largest absolute Gasteiger partial charge is 0.463 e. The summed E-state index contributed by atoms with van der Waals surface area (Å²) in [4.78, 5) is 3.21. The number of H-pyrrole nitrogens is 1. The van der Waals surface area contributed by atoms with Gasteiger partial charge in [-0.2, -0.15) is 5.26 Å². The Morgan fingerprint density at radius 1 is 1.29 bits per heavy atom. The van der Waals surface area contributed by atoms with E-state index in [-0.39, 0.29) is 0 Å². The lowest BCUT2D eigenvalue weighted by Gasteiger charge is -1.92. The lowest BCUT2D eigenvalue weighted by molar-refractivity contribution is 0.580. The van der Waals surface area contributed by atoms with Crippen LogP contribution in [0.1, 0.15) is 5.56 Å². The zero-order valence-electron chi connectivity index (χ0n) is 8.70. The number of halogens is 1. The van der Waals surface area contributed by atoms with Crippen molar-refractivity contribution in [3.63, 3.8) is 0 Å². The topological polar surface area (TPSA) is 52.7 Å². The quantitative estimate of drug-likeness (QED) is 0.733. The van der Waals surface area contributed by atoms with E-state index in [4.69, 9.17) is 4.42 Å². The van der Waals surface area contributed by atoms with Crippen LogP contribution in [-0.2, 0) is 0 Å². The molecule has 0 fully saturated rings. The standard InChI is InChI=1S/C13H7BrN2O/c14-8-3-4-11-9(6-8)10(7-15)13(16-11)12-2-1-5-17-12/h1-6,16H. The maximum atomic E-state index is 9.27. The molecule has 1 N–H and O–H groups in total. The highest BCUT2D eigenvalue weighted by molar-refractivity contribution is 9.10. The van der Waals surface area contributed by atoms with Gasteiger partial charge in [-0.3, -0.25) is 0 Å². The molecule has 17 heavy (non-hydrogen) atoms. The second-order valence-electron chi connectivity index (χ2n) is 3.65. The van der Waals surface area contributed by atoms with Gasteiger partial charge >= 0.3 is 0 Å². The molecule has 4 heteroatoms. The fraction of sp³-hybridized carbons (Fsp3) is 0. The van der Waals surface area contributed by atoms with Crippen LogP contribution in [0, 0.1) is 11.3 Å². The van der Waals surface area contributed by atoms with Gasteiger partial charge in [0.2, 0.25) is 0 Å². The van der Waals surface area contributed by atoms with Crippen LogP contribution < -0.4 is 0 Å². The number of aromatic nitrogens is 1. The summed E-state index contributed by atoms with van der Waals surface area (Å²) in [7, 11) is 0. The van der Waals surface area contributed by atoms with Crippen molar-refractivity contribution in [2.75, 3.05) is 0 Å². The molecule has 3 aromatic rings. The number of nitriles is 1. The normalized spacial score (nSPS) is 10.6. The van der Waals surface area contributed by atoms with Crippen molar-refractivity contribution in [3.8, 4) is 17.5 Å². The molecule has 0 aliphatic rings. The lowest BCUT2D eigenvalue weighted by atomic mass is 10.1. The number of fused-ring (bicyclic) bond motifs is 1. The Balaban J connectivity index is 2.37. The van der Waals surface area contributed by atoms with Gasteiger partial charge in [-0.15, -0.1) is 0 Å². The Kier molecular flexibility index (Phi) is 2.27. The van der Waals surface area contributed by atoms with E-state index in [0.717, 1.165) is 21.1 Å². The zero-order chi connectivity index (χ0) is 11.8. The first-order valence-corrected chi connectivity index (χ1v) is 5.84. The Morgan fingerprint density at radius 3 is 2.88 bits per heavy atom. The number of hydrogen-bond acceptors (Lipinski definition) is 2. The third-order valence-electron chi connectivity index (χ3n) is 2.64. The van der Waals surface area contributed by atoms with E-state index in [0.29, 0.717) is 11.3 Å². The highest BCUT2D eigenvalue weighted by Crippen LogP contribution is 2.31. The van der Waals surface area contributed by atoms with E-state index in [1.807, 2.05) is 24.3 Å². The van der Waals surface area contributed by atoms with Crippen molar-refractivity contribution in [1.29, 1.82) is 5.26 Å². The molecular weight excluding hydrogens is 280 g/mol. The third-order valence-corrected chi connectivity index (χ3v) is 3.13. The van der Waals surface area contributed by atoms with Gasteiger partial charge in [0.15, 0.2) is 5.76 Å². The molecule has 0 aliphatic carbocycles. The van der Waals surface area contributed by atoms with E-state index in [1.165, 1.54) is 0 Å². The van der Waals surface area contributed by atoms with Gasteiger partial charge in [-0.25, -0.2) is 0 Å². The average Bonchev–Trinajstić information content (AvgIpc) is 2.94. The van der Waals surface area contributed by atoms with Gasteiger partial charge in [0.25, 0.3) is 0 Å². The second kappa shape index (κ2) is 3.79. The minimum absolute atomic E-state index is 0.608. The molecular formula is C13H7BrN2O. The summed E-state index contributed by atoms with van der Waals surface area (Å²) in [6, 6.07) is 11.7. The Labute approximate surface area is 106 Å². The van der Waals surface area contributed by atoms with E-state index in [9.17, 15) is 5.26 Å². The van der Waals surface area contributed by atoms with Crippen molar-refractivity contribution in [3.05, 3.63) is 46.6 Å². The van der Waals surface area contributed by atoms with E-state index in [1.54, 1.807) is 12.3 Å². The van der Waals surface area contributed by atoms with Crippen LogP contribution in [-0.4, -0.2) is 4.98 Å². The SMILES string of the molecule is N#Cc1c(-c2ccco2)[nH]c2ccc(Br)cc12. The molecule has 82 valence electrons. The molecule has 0 saturated carbocycles. The summed E-state index contributed by atoms with van der Waals surface area (Å²) in [5.74, 6) is 0.675. The van der Waals surface area contributed by atoms with Crippen molar-refractivity contribution in [2.24, 2.45) is 0 Å². The minimum Gasteiger partial charge on any atom is -0.463 e. The van der Waals surface area contributed by atoms with Crippen LogP contribution in [0.2, 0.25) is 0 Å². The van der Waals surface area contributed by atoms with Gasteiger partial charge in [-0.1, -0.05) is 15.9 Å². The number of furan rings is 1. The Bertz CT molecular complexity index is 720. The van der Waals surface area contributed by atoms with Crippen LogP contribution in [0.25, 0.3) is 22.4 Å². The predicted octanol–water partition coefficient (Wildman–Crippen LogP) is 4.06. The van der Waals surface area contributed by atoms with Crippen molar-refractivity contribution < 1.29 is 4.42 Å². The fourth-order valence-electron chi connectivity index (χ4n) is 1.89. The lowest BCUT2D eigenvalue weighted by Crippen LogP contribution is -1.77. The number of rotatable bonds is 1. The van der Waals surface area contributed by atoms with Crippen LogP contribution in [0.4, 0.5) is 0 Å². The highest BCUT2D eigenvalue weighted by atomic mass is 79.9. The van der Waals surface area contributed by atoms with E-state index >= 15 is 0 Å². The molecule has 0 radical (unpaired) electrons. The second-order valence-corrected chi connectivity index (χ2v) is 4.57. The molecule has 0 atom stereocenters. The molecule has 0 spiro atoms. The summed E-state index contributed by atoms with van der Waals surface area (Å²) in [6.45, 7) is 0. The zero-order valence-corrected chi connectivity index (χ0v) is 10.3. The molecule has 3 rings (SSSR count). The number of aromatic amines is 1. The number of nitrogens with one attached hydrogen (secondary N) is 1. The molecule has 1 aromatic carbocycles. The summed E-state index contributed by atoms with van der Waals surface area (Å²) in [5.41, 5.74) is 2.26. The van der Waals surface area contributed by atoms with Crippen molar-refractivity contribution in [1.82, 2.24) is 4.98 Å². The molecule has 0 bridgehead atoms. The first-order valence-electron chi connectivity index (χ1n) is 5.05. The smallest absolute Gasteiger partial charge is 0.151 e. The maximum Gasteiger partial charge on any atom is 0.151 e. The van der Waals surface area contributed by atoms with Crippen LogP contribution in [0.15, 0.2) is 45.5 Å². The summed E-state index contributed by atoms with van der Waals surface area (Å²) in [5, 5.41) is 10.2. The maximum absolute atomic E-state index is 9.27. The Hall–Kier alpha value is -1.99. The number of hydrogen-bond donors (Lipinski definition) is 1. The third kappa shape index (κ3) is 1.56. The molecule has 0 amide bonds. The predicted molar refractivity (Wildman–Crippen MR) is 68.4 cm³/mol. The minimum atomic E-state index is 0.608. The molecule has 3 nitrogen and oxygen atoms in total. The molecule has 2 aromatic heterocycles. The molecule has 2 heterocycles. The van der Waals surface area contributed by atoms with Crippen molar-refractivity contribution in [2.45, 2.75) is 0 Å². The summed E-state index contributed by atoms with van der Waals surface area (Å²) < 4.78 is 6.28. The summed E-state index contributed by atoms with van der Waals surface area (Å²) >= 11 is 3.41. The van der Waals surface area contributed by atoms with Gasteiger partial charge in [-0.05, 0) is 30.3 Å². The summed E-state index contributed by atoms with van der Waals surface area (Å²) in [6.07, 6.45) is 1.60. The molecule has 0 unspecified atom stereocenters. The van der Waals surface area contributed by atoms with Crippen LogP contribution >= 0.6 is 15.9 Å². The van der Waals surface area contributed by atoms with Gasteiger partial charge in [0.05, 0.1) is 11.8 Å². The van der Waals surface area contributed by atoms with Crippen LogP contribution in [0.5, 0.6) is 0 Å². The monoisotopic (exact) mass is 286 g/mol. The van der Waals surface area contributed by atoms with Gasteiger partial charge in [0.1, 0.15) is 11.8 Å². The first kappa shape index (κ1) is 10.2. The van der Waals surface area contributed by atoms with Crippen molar-refractivity contribution >= 4 is 26.8 Å². The van der Waals surface area contributed by atoms with E-state index in [2.05, 4.69) is 27.0 Å². The molecule has 0 aliphatic heterocycles. The highest BCUT2D eigenvalue weighted by Gasteiger charge is 2.14. The van der Waals surface area contributed by atoms with Gasteiger partial charge in [0, 0.05) is 15.4 Å². The first-order chi connectivity index (χ1) is 8.29. The number of benzene rings is 1. The van der Waals surface area contributed by atoms with Crippen LogP contribution in [0.3, 0.4) is 0 Å². The molecule has 0 saturated heterocycles. The fourth-order valence-corrected chi connectivity index (χ4v) is 2.25.